The third-order valence-electron chi connectivity index (χ3n) is 7.60. The van der Waals surface area contributed by atoms with Crippen molar-refractivity contribution in [1.29, 1.82) is 0 Å². The van der Waals surface area contributed by atoms with E-state index in [0.29, 0.717) is 30.7 Å². The Bertz CT molecular complexity index is 1600. The SMILES string of the molecule is CC1CC[C@]2(CC(C#CC(C)(C)O)=NO2)C2CN1C(=O)c1c(O)c(=O)c(C(=O)NCc3c(F)cc(F)cc3F)cn12. The molecule has 13 heteroatoms. The summed E-state index contributed by atoms with van der Waals surface area (Å²) in [6.45, 7) is 4.27. The molecule has 2 amide bonds. The number of benzene rings is 1. The first-order chi connectivity index (χ1) is 19.2. The Labute approximate surface area is 232 Å². The second-order valence-corrected chi connectivity index (χ2v) is 11.0. The topological polar surface area (TPSA) is 133 Å². The molecule has 5 rings (SSSR count). The number of aromatic hydroxyl groups is 1. The van der Waals surface area contributed by atoms with Crippen molar-refractivity contribution in [2.45, 2.75) is 69.9 Å². The van der Waals surface area contributed by atoms with Crippen LogP contribution in [0.5, 0.6) is 5.75 Å². The minimum Gasteiger partial charge on any atom is -0.503 e. The van der Waals surface area contributed by atoms with E-state index in [1.807, 2.05) is 6.92 Å². The van der Waals surface area contributed by atoms with Crippen LogP contribution in [0.25, 0.3) is 0 Å². The minimum absolute atomic E-state index is 0.115. The number of hydrogen-bond acceptors (Lipinski definition) is 7. The van der Waals surface area contributed by atoms with Gasteiger partial charge in [-0.3, -0.25) is 14.4 Å². The monoisotopic (exact) mass is 572 g/mol. The molecule has 2 bridgehead atoms. The van der Waals surface area contributed by atoms with Gasteiger partial charge in [0.1, 0.15) is 34.3 Å². The molecule has 3 aliphatic rings. The lowest BCUT2D eigenvalue weighted by molar-refractivity contribution is -0.0655. The van der Waals surface area contributed by atoms with Crippen molar-refractivity contribution in [3.8, 4) is 17.6 Å². The number of nitrogens with one attached hydrogen (secondary N) is 1. The molecular formula is C28H27F3N4O6. The van der Waals surface area contributed by atoms with Crippen LogP contribution in [0.15, 0.2) is 28.3 Å². The minimum atomic E-state index is -1.27. The molecule has 3 aliphatic heterocycles. The molecule has 216 valence electrons. The zero-order valence-electron chi connectivity index (χ0n) is 22.4. The molecule has 1 aromatic heterocycles. The van der Waals surface area contributed by atoms with E-state index in [-0.39, 0.29) is 24.7 Å². The van der Waals surface area contributed by atoms with E-state index in [4.69, 9.17) is 4.84 Å². The van der Waals surface area contributed by atoms with Crippen LogP contribution in [-0.2, 0) is 11.4 Å². The van der Waals surface area contributed by atoms with Crippen molar-refractivity contribution in [3.05, 3.63) is 62.8 Å². The van der Waals surface area contributed by atoms with Crippen LogP contribution in [0.2, 0.25) is 0 Å². The normalized spacial score (nSPS) is 23.2. The number of aliphatic hydroxyl groups is 1. The maximum atomic E-state index is 14.1. The van der Waals surface area contributed by atoms with E-state index in [2.05, 4.69) is 22.3 Å². The molecule has 3 atom stereocenters. The Morgan fingerprint density at radius 2 is 1.95 bits per heavy atom. The summed E-state index contributed by atoms with van der Waals surface area (Å²) in [5, 5.41) is 27.2. The van der Waals surface area contributed by atoms with E-state index >= 15 is 0 Å². The number of oxime groups is 1. The maximum Gasteiger partial charge on any atom is 0.274 e. The Hall–Kier alpha value is -4.31. The number of rotatable bonds is 3. The summed E-state index contributed by atoms with van der Waals surface area (Å²) >= 11 is 0. The third kappa shape index (κ3) is 5.04. The largest absolute Gasteiger partial charge is 0.503 e. The summed E-state index contributed by atoms with van der Waals surface area (Å²) in [6.07, 6.45) is 2.24. The molecule has 3 N–H and O–H groups in total. The van der Waals surface area contributed by atoms with E-state index < -0.39 is 75.4 Å². The molecule has 0 saturated carbocycles. The molecule has 10 nitrogen and oxygen atoms in total. The van der Waals surface area contributed by atoms with Gasteiger partial charge in [-0.25, -0.2) is 13.2 Å². The standard InChI is InChI=1S/C28H27F3N4O6/c1-14-4-7-28(10-16(33-41-28)5-6-27(2,3)40)21-13-34(14)26(39)22-24(37)23(36)18(12-35(21)22)25(38)32-11-17-19(30)8-15(29)9-20(17)31/h8-9,12,14,21,37,40H,4,7,10-11,13H2,1-3H3,(H,32,38)/t14?,21?,28-/m0/s1. The fourth-order valence-electron chi connectivity index (χ4n) is 5.41. The molecular weight excluding hydrogens is 545 g/mol. The summed E-state index contributed by atoms with van der Waals surface area (Å²) in [7, 11) is 0. The molecule has 0 radical (unpaired) electrons. The number of hydrogen-bond donors (Lipinski definition) is 3. The summed E-state index contributed by atoms with van der Waals surface area (Å²) in [4.78, 5) is 47.0. The van der Waals surface area contributed by atoms with Crippen molar-refractivity contribution < 1.29 is 37.8 Å². The number of carbonyl (C=O) groups is 2. The van der Waals surface area contributed by atoms with Crippen molar-refractivity contribution in [1.82, 2.24) is 14.8 Å². The summed E-state index contributed by atoms with van der Waals surface area (Å²) < 4.78 is 42.7. The second-order valence-electron chi connectivity index (χ2n) is 11.0. The molecule has 1 fully saturated rings. The van der Waals surface area contributed by atoms with Gasteiger partial charge in [-0.15, -0.1) is 0 Å². The summed E-state index contributed by atoms with van der Waals surface area (Å²) in [6, 6.07) is -0.0722. The van der Waals surface area contributed by atoms with Gasteiger partial charge in [0, 0.05) is 49.4 Å². The average molecular weight is 573 g/mol. The van der Waals surface area contributed by atoms with Crippen molar-refractivity contribution in [2.75, 3.05) is 6.54 Å². The van der Waals surface area contributed by atoms with Gasteiger partial charge in [0.15, 0.2) is 17.0 Å². The zero-order chi connectivity index (χ0) is 29.9. The lowest BCUT2D eigenvalue weighted by atomic mass is 9.84. The van der Waals surface area contributed by atoms with Crippen LogP contribution < -0.4 is 10.7 Å². The highest BCUT2D eigenvalue weighted by atomic mass is 19.1. The first-order valence-corrected chi connectivity index (χ1v) is 12.9. The van der Waals surface area contributed by atoms with Crippen LogP contribution in [0.1, 0.15) is 72.5 Å². The fourth-order valence-corrected chi connectivity index (χ4v) is 5.41. The van der Waals surface area contributed by atoms with Gasteiger partial charge in [-0.1, -0.05) is 11.1 Å². The van der Waals surface area contributed by atoms with E-state index in [0.717, 1.165) is 6.20 Å². The van der Waals surface area contributed by atoms with Crippen molar-refractivity contribution in [2.24, 2.45) is 5.16 Å². The molecule has 2 unspecified atom stereocenters. The number of amides is 2. The molecule has 4 heterocycles. The molecule has 2 aromatic rings. The Morgan fingerprint density at radius 1 is 1.27 bits per heavy atom. The Morgan fingerprint density at radius 3 is 2.61 bits per heavy atom. The average Bonchev–Trinajstić information content (AvgIpc) is 3.26. The van der Waals surface area contributed by atoms with Gasteiger partial charge >= 0.3 is 0 Å². The fraction of sp³-hybridized carbons (Fsp3) is 0.429. The van der Waals surface area contributed by atoms with Crippen LogP contribution in [-0.4, -0.2) is 61.0 Å². The highest BCUT2D eigenvalue weighted by Crippen LogP contribution is 2.46. The number of fused-ring (bicyclic) bond motifs is 5. The lowest BCUT2D eigenvalue weighted by Gasteiger charge is -2.41. The number of halogens is 3. The predicted octanol–water partition coefficient (Wildman–Crippen LogP) is 2.37. The molecule has 1 spiro atoms. The second kappa shape index (κ2) is 9.95. The van der Waals surface area contributed by atoms with Gasteiger partial charge in [-0.2, -0.15) is 0 Å². The van der Waals surface area contributed by atoms with Crippen LogP contribution >= 0.6 is 0 Å². The van der Waals surface area contributed by atoms with Crippen LogP contribution in [0, 0.1) is 29.3 Å². The summed E-state index contributed by atoms with van der Waals surface area (Å²) in [5.41, 5.74) is -4.65. The highest BCUT2D eigenvalue weighted by Gasteiger charge is 2.54. The van der Waals surface area contributed by atoms with Crippen molar-refractivity contribution in [3.63, 3.8) is 0 Å². The summed E-state index contributed by atoms with van der Waals surface area (Å²) in [5.74, 6) is -0.727. The Kier molecular flexibility index (Phi) is 6.85. The van der Waals surface area contributed by atoms with Crippen molar-refractivity contribution >= 4 is 17.5 Å². The van der Waals surface area contributed by atoms with Gasteiger partial charge in [-0.05, 0) is 39.5 Å². The lowest BCUT2D eigenvalue weighted by Crippen LogP contribution is -2.52. The first kappa shape index (κ1) is 28.2. The predicted molar refractivity (Wildman–Crippen MR) is 139 cm³/mol. The zero-order valence-corrected chi connectivity index (χ0v) is 22.4. The maximum absolute atomic E-state index is 14.1. The molecule has 1 saturated heterocycles. The van der Waals surface area contributed by atoms with E-state index in [1.54, 1.807) is 0 Å². The molecule has 1 aromatic carbocycles. The first-order valence-electron chi connectivity index (χ1n) is 12.9. The van der Waals surface area contributed by atoms with E-state index in [9.17, 15) is 37.8 Å². The number of nitrogens with zero attached hydrogens (tertiary/aromatic N) is 3. The number of carbonyl (C=O) groups excluding carboxylic acids is 2. The molecule has 41 heavy (non-hydrogen) atoms. The third-order valence-corrected chi connectivity index (χ3v) is 7.60. The van der Waals surface area contributed by atoms with Gasteiger partial charge in [0.25, 0.3) is 11.8 Å². The number of aromatic nitrogens is 1. The molecule has 0 aliphatic carbocycles. The highest BCUT2D eigenvalue weighted by molar-refractivity contribution is 6.02. The number of pyridine rings is 1. The van der Waals surface area contributed by atoms with Crippen LogP contribution in [0.3, 0.4) is 0 Å². The van der Waals surface area contributed by atoms with Gasteiger partial charge in [0.05, 0.1) is 6.04 Å². The Balaban J connectivity index is 1.53. The van der Waals surface area contributed by atoms with Crippen LogP contribution in [0.4, 0.5) is 13.2 Å². The smallest absolute Gasteiger partial charge is 0.274 e. The van der Waals surface area contributed by atoms with Gasteiger partial charge < -0.3 is 29.8 Å². The van der Waals surface area contributed by atoms with E-state index in [1.165, 1.54) is 23.3 Å². The van der Waals surface area contributed by atoms with Gasteiger partial charge in [0.2, 0.25) is 5.43 Å². The quantitative estimate of drug-likeness (QED) is 0.484.